The van der Waals surface area contributed by atoms with E-state index in [1.807, 2.05) is 12.1 Å². The highest BCUT2D eigenvalue weighted by atomic mass is 16.5. The highest BCUT2D eigenvalue weighted by Gasteiger charge is 2.17. The van der Waals surface area contributed by atoms with Crippen LogP contribution in [-0.4, -0.2) is 36.2 Å². The molecule has 0 atom stereocenters. The van der Waals surface area contributed by atoms with Crippen LogP contribution in [0.25, 0.3) is 0 Å². The average Bonchev–Trinajstić information content (AvgIpc) is 2.41. The van der Waals surface area contributed by atoms with Crippen molar-refractivity contribution in [3.8, 4) is 5.75 Å². The van der Waals surface area contributed by atoms with Gasteiger partial charge in [0.25, 0.3) is 0 Å². The fourth-order valence-electron chi connectivity index (χ4n) is 2.49. The Bertz CT molecular complexity index is 451. The summed E-state index contributed by atoms with van der Waals surface area (Å²) in [5.41, 5.74) is 1.33. The molecule has 0 saturated carbocycles. The molecule has 2 rings (SSSR count). The third kappa shape index (κ3) is 3.47. The average molecular weight is 263 g/mol. The minimum Gasteiger partial charge on any atom is -0.496 e. The lowest BCUT2D eigenvalue weighted by Gasteiger charge is -2.30. The summed E-state index contributed by atoms with van der Waals surface area (Å²) in [6, 6.07) is 5.34. The van der Waals surface area contributed by atoms with Crippen molar-refractivity contribution in [1.82, 2.24) is 4.90 Å². The molecule has 4 nitrogen and oxygen atoms in total. The lowest BCUT2D eigenvalue weighted by atomic mass is 9.98. The Morgan fingerprint density at radius 1 is 1.42 bits per heavy atom. The molecule has 1 aliphatic heterocycles. The minimum atomic E-state index is -0.949. The van der Waals surface area contributed by atoms with E-state index < -0.39 is 5.97 Å². The summed E-state index contributed by atoms with van der Waals surface area (Å²) in [7, 11) is 1.51. The molecule has 0 aromatic heterocycles. The van der Waals surface area contributed by atoms with Crippen molar-refractivity contribution in [2.24, 2.45) is 5.92 Å². The Labute approximate surface area is 114 Å². The van der Waals surface area contributed by atoms with E-state index in [0.717, 1.165) is 31.1 Å². The number of piperidine rings is 1. The molecular weight excluding hydrogens is 242 g/mol. The third-order valence-electron chi connectivity index (χ3n) is 3.78. The van der Waals surface area contributed by atoms with Gasteiger partial charge in [-0.1, -0.05) is 13.0 Å². The Hall–Kier alpha value is -1.55. The molecule has 0 spiro atoms. The van der Waals surface area contributed by atoms with Crippen molar-refractivity contribution < 1.29 is 14.6 Å². The number of carboxylic acid groups (broad SMARTS) is 1. The summed E-state index contributed by atoms with van der Waals surface area (Å²) in [6.45, 7) is 5.39. The molecule has 0 amide bonds. The first kappa shape index (κ1) is 13.9. The number of likely N-dealkylation sites (tertiary alicyclic amines) is 1. The lowest BCUT2D eigenvalue weighted by Crippen LogP contribution is -2.32. The van der Waals surface area contributed by atoms with E-state index in [2.05, 4.69) is 11.8 Å². The first-order valence-corrected chi connectivity index (χ1v) is 6.72. The van der Waals surface area contributed by atoms with Crippen LogP contribution >= 0.6 is 0 Å². The quantitative estimate of drug-likeness (QED) is 0.907. The highest BCUT2D eigenvalue weighted by Crippen LogP contribution is 2.23. The van der Waals surface area contributed by atoms with E-state index >= 15 is 0 Å². The monoisotopic (exact) mass is 263 g/mol. The topological polar surface area (TPSA) is 49.8 Å². The summed E-state index contributed by atoms with van der Waals surface area (Å²) < 4.78 is 5.15. The van der Waals surface area contributed by atoms with Crippen molar-refractivity contribution >= 4 is 5.97 Å². The smallest absolute Gasteiger partial charge is 0.339 e. The molecule has 1 fully saturated rings. The largest absolute Gasteiger partial charge is 0.496 e. The van der Waals surface area contributed by atoms with Gasteiger partial charge in [0.1, 0.15) is 11.3 Å². The Balaban J connectivity index is 2.07. The maximum absolute atomic E-state index is 11.0. The molecule has 1 aromatic carbocycles. The molecule has 1 heterocycles. The van der Waals surface area contributed by atoms with Gasteiger partial charge in [0.2, 0.25) is 0 Å². The van der Waals surface area contributed by atoms with Crippen molar-refractivity contribution in [2.75, 3.05) is 20.2 Å². The van der Waals surface area contributed by atoms with Gasteiger partial charge in [0, 0.05) is 6.54 Å². The van der Waals surface area contributed by atoms with Crippen LogP contribution in [0.2, 0.25) is 0 Å². The number of carbonyl (C=O) groups is 1. The van der Waals surface area contributed by atoms with Crippen molar-refractivity contribution in [3.05, 3.63) is 29.3 Å². The van der Waals surface area contributed by atoms with Gasteiger partial charge >= 0.3 is 5.97 Å². The number of aromatic carboxylic acids is 1. The standard InChI is InChI=1S/C15H21NO3/c1-11-5-7-16(8-6-11)10-12-3-4-13(15(17)18)14(9-12)19-2/h3-4,9,11H,5-8,10H2,1-2H3,(H,17,18). The van der Waals surface area contributed by atoms with Crippen molar-refractivity contribution in [1.29, 1.82) is 0 Å². The molecule has 1 aliphatic rings. The molecule has 0 aliphatic carbocycles. The van der Waals surface area contributed by atoms with Gasteiger partial charge in [-0.3, -0.25) is 4.90 Å². The van der Waals surface area contributed by atoms with E-state index in [9.17, 15) is 4.79 Å². The Morgan fingerprint density at radius 2 is 2.11 bits per heavy atom. The van der Waals surface area contributed by atoms with Crippen molar-refractivity contribution in [2.45, 2.75) is 26.3 Å². The molecule has 19 heavy (non-hydrogen) atoms. The van der Waals surface area contributed by atoms with Gasteiger partial charge in [-0.25, -0.2) is 4.79 Å². The summed E-state index contributed by atoms with van der Waals surface area (Å²) in [5.74, 6) is 0.311. The lowest BCUT2D eigenvalue weighted by molar-refractivity contribution is 0.0693. The number of hydrogen-bond donors (Lipinski definition) is 1. The second-order valence-electron chi connectivity index (χ2n) is 5.30. The maximum Gasteiger partial charge on any atom is 0.339 e. The second-order valence-corrected chi connectivity index (χ2v) is 5.30. The molecule has 1 N–H and O–H groups in total. The number of benzene rings is 1. The number of rotatable bonds is 4. The van der Waals surface area contributed by atoms with Crippen LogP contribution < -0.4 is 4.74 Å². The van der Waals surface area contributed by atoms with Gasteiger partial charge in [-0.15, -0.1) is 0 Å². The summed E-state index contributed by atoms with van der Waals surface area (Å²) in [4.78, 5) is 13.4. The normalized spacial score (nSPS) is 17.4. The molecule has 1 saturated heterocycles. The Kier molecular flexibility index (Phi) is 4.43. The molecule has 104 valence electrons. The van der Waals surface area contributed by atoms with E-state index in [-0.39, 0.29) is 5.56 Å². The predicted molar refractivity (Wildman–Crippen MR) is 73.6 cm³/mol. The fourth-order valence-corrected chi connectivity index (χ4v) is 2.49. The van der Waals surface area contributed by atoms with Crippen LogP contribution in [0.4, 0.5) is 0 Å². The molecule has 0 bridgehead atoms. The van der Waals surface area contributed by atoms with Gasteiger partial charge < -0.3 is 9.84 Å². The second kappa shape index (κ2) is 6.06. The molecule has 0 unspecified atom stereocenters. The minimum absolute atomic E-state index is 0.221. The third-order valence-corrected chi connectivity index (χ3v) is 3.78. The zero-order valence-corrected chi connectivity index (χ0v) is 11.6. The maximum atomic E-state index is 11.0. The van der Waals surface area contributed by atoms with Gasteiger partial charge in [-0.05, 0) is 49.5 Å². The SMILES string of the molecule is COc1cc(CN2CCC(C)CC2)ccc1C(=O)O. The van der Waals surface area contributed by atoms with Gasteiger partial charge in [-0.2, -0.15) is 0 Å². The van der Waals surface area contributed by atoms with Crippen LogP contribution in [0.15, 0.2) is 18.2 Å². The zero-order chi connectivity index (χ0) is 13.8. The van der Waals surface area contributed by atoms with Crippen LogP contribution in [0.5, 0.6) is 5.75 Å². The molecule has 1 aromatic rings. The fraction of sp³-hybridized carbons (Fsp3) is 0.533. The molecular formula is C15H21NO3. The number of ether oxygens (including phenoxy) is 1. The van der Waals surface area contributed by atoms with Crippen molar-refractivity contribution in [3.63, 3.8) is 0 Å². The number of nitrogens with zero attached hydrogens (tertiary/aromatic N) is 1. The first-order chi connectivity index (χ1) is 9.10. The van der Waals surface area contributed by atoms with E-state index in [1.54, 1.807) is 6.07 Å². The summed E-state index contributed by atoms with van der Waals surface area (Å²) in [5, 5.41) is 9.05. The summed E-state index contributed by atoms with van der Waals surface area (Å²) in [6.07, 6.45) is 2.48. The van der Waals surface area contributed by atoms with Gasteiger partial charge in [0.15, 0.2) is 0 Å². The number of hydrogen-bond acceptors (Lipinski definition) is 3. The van der Waals surface area contributed by atoms with Crippen LogP contribution in [0.1, 0.15) is 35.7 Å². The van der Waals surface area contributed by atoms with Crippen LogP contribution in [0, 0.1) is 5.92 Å². The van der Waals surface area contributed by atoms with Crippen LogP contribution in [0.3, 0.4) is 0 Å². The Morgan fingerprint density at radius 3 is 2.68 bits per heavy atom. The number of methoxy groups -OCH3 is 1. The predicted octanol–water partition coefficient (Wildman–Crippen LogP) is 2.63. The van der Waals surface area contributed by atoms with E-state index in [0.29, 0.717) is 5.75 Å². The van der Waals surface area contributed by atoms with E-state index in [4.69, 9.17) is 9.84 Å². The first-order valence-electron chi connectivity index (χ1n) is 6.72. The highest BCUT2D eigenvalue weighted by molar-refractivity contribution is 5.90. The number of carboxylic acids is 1. The molecule has 4 heteroatoms. The van der Waals surface area contributed by atoms with Gasteiger partial charge in [0.05, 0.1) is 7.11 Å². The zero-order valence-electron chi connectivity index (χ0n) is 11.6. The van der Waals surface area contributed by atoms with Crippen LogP contribution in [-0.2, 0) is 6.54 Å². The summed E-state index contributed by atoms with van der Waals surface area (Å²) >= 11 is 0. The molecule has 0 radical (unpaired) electrons. The van der Waals surface area contributed by atoms with E-state index in [1.165, 1.54) is 20.0 Å².